The average molecular weight is 232 g/mol. The van der Waals surface area contributed by atoms with Crippen molar-refractivity contribution in [3.63, 3.8) is 0 Å². The summed E-state index contributed by atoms with van der Waals surface area (Å²) in [5.41, 5.74) is 0. The van der Waals surface area contributed by atoms with E-state index in [1.165, 1.54) is 57.0 Å². The van der Waals surface area contributed by atoms with Gasteiger partial charge >= 0.3 is 98.1 Å². The second kappa shape index (κ2) is 9.64. The maximum atomic E-state index is 2.43. The number of hydrogen-bond acceptors (Lipinski definition) is 0. The number of unbranched alkanes of at least 4 members (excludes halogenated alkanes) is 5. The van der Waals surface area contributed by atoms with Crippen LogP contribution < -0.4 is 0 Å². The summed E-state index contributed by atoms with van der Waals surface area (Å²) in [6.45, 7) is 9.58. The maximum absolute atomic E-state index is 2.43. The van der Waals surface area contributed by atoms with Crippen molar-refractivity contribution >= 4 is 7.26 Å². The van der Waals surface area contributed by atoms with Gasteiger partial charge in [0.25, 0.3) is 0 Å². The van der Waals surface area contributed by atoms with E-state index in [2.05, 4.69) is 27.7 Å². The summed E-state index contributed by atoms with van der Waals surface area (Å²) >= 11 is 0. The van der Waals surface area contributed by atoms with Crippen LogP contribution in [0.4, 0.5) is 0 Å². The monoisotopic (exact) mass is 232 g/mol. The molecule has 0 aliphatic heterocycles. The third-order valence-corrected chi connectivity index (χ3v) is 10.2. The fraction of sp³-hybridized carbons (Fsp3) is 1.00. The van der Waals surface area contributed by atoms with Crippen molar-refractivity contribution in [1.29, 1.82) is 0 Å². The van der Waals surface area contributed by atoms with Gasteiger partial charge in [0.15, 0.2) is 0 Å². The summed E-state index contributed by atoms with van der Waals surface area (Å²) in [7, 11) is -0.786. The van der Waals surface area contributed by atoms with Gasteiger partial charge in [0.2, 0.25) is 0 Å². The Bertz CT molecular complexity index is 119. The minimum atomic E-state index is -0.786. The summed E-state index contributed by atoms with van der Waals surface area (Å²) in [5, 5.41) is 0. The molecule has 0 N–H and O–H groups in total. The molecule has 0 aliphatic carbocycles. The van der Waals surface area contributed by atoms with E-state index in [9.17, 15) is 0 Å². The third-order valence-electron chi connectivity index (χ3n) is 4.31. The molecular weight excluding hydrogens is 199 g/mol. The first-order valence-electron chi connectivity index (χ1n) is 7.24. The van der Waals surface area contributed by atoms with Crippen LogP contribution >= 0.6 is 7.26 Å². The van der Waals surface area contributed by atoms with E-state index in [1.807, 2.05) is 0 Å². The summed E-state index contributed by atoms with van der Waals surface area (Å²) in [6.07, 6.45) is 14.9. The van der Waals surface area contributed by atoms with E-state index >= 15 is 0 Å². The van der Waals surface area contributed by atoms with Gasteiger partial charge in [-0.05, 0) is 0 Å². The average Bonchev–Trinajstić information content (AvgIpc) is 2.29. The van der Waals surface area contributed by atoms with Crippen LogP contribution in [0.25, 0.3) is 0 Å². The standard InChI is InChI=1S/C14H33P/c1-5-9-10-11-12-13-14-15(6-2,7-3)8-4/h15H,5-14H2,1-4H3. The number of rotatable bonds is 10. The molecule has 0 amide bonds. The Labute approximate surface area is 98.6 Å². The van der Waals surface area contributed by atoms with E-state index in [4.69, 9.17) is 0 Å². The van der Waals surface area contributed by atoms with Crippen molar-refractivity contribution in [2.75, 3.05) is 24.6 Å². The van der Waals surface area contributed by atoms with Crippen molar-refractivity contribution in [3.05, 3.63) is 0 Å². The molecule has 0 aromatic rings. The summed E-state index contributed by atoms with van der Waals surface area (Å²) in [6, 6.07) is 0. The topological polar surface area (TPSA) is 0 Å². The molecule has 0 aliphatic rings. The summed E-state index contributed by atoms with van der Waals surface area (Å²) < 4.78 is 0. The van der Waals surface area contributed by atoms with Crippen LogP contribution in [0.3, 0.4) is 0 Å². The predicted molar refractivity (Wildman–Crippen MR) is 78.2 cm³/mol. The van der Waals surface area contributed by atoms with Crippen molar-refractivity contribution in [3.8, 4) is 0 Å². The van der Waals surface area contributed by atoms with E-state index < -0.39 is 7.26 Å². The van der Waals surface area contributed by atoms with Crippen molar-refractivity contribution < 1.29 is 0 Å². The van der Waals surface area contributed by atoms with Gasteiger partial charge in [-0.15, -0.1) is 0 Å². The fourth-order valence-electron chi connectivity index (χ4n) is 2.56. The Hall–Kier alpha value is 0.430. The van der Waals surface area contributed by atoms with Gasteiger partial charge in [0, 0.05) is 0 Å². The molecule has 0 heterocycles. The normalized spacial score (nSPS) is 13.1. The zero-order chi connectivity index (χ0) is 11.6. The zero-order valence-corrected chi connectivity index (χ0v) is 12.6. The van der Waals surface area contributed by atoms with Crippen LogP contribution in [0.15, 0.2) is 0 Å². The molecule has 0 aromatic heterocycles. The molecular formula is C14H33P. The van der Waals surface area contributed by atoms with Crippen LogP contribution in [-0.2, 0) is 0 Å². The summed E-state index contributed by atoms with van der Waals surface area (Å²) in [5.74, 6) is 0. The van der Waals surface area contributed by atoms with Gasteiger partial charge in [-0.25, -0.2) is 0 Å². The second-order valence-corrected chi connectivity index (χ2v) is 10.7. The molecule has 0 nitrogen and oxygen atoms in total. The van der Waals surface area contributed by atoms with Crippen LogP contribution in [-0.4, -0.2) is 24.6 Å². The Morgan fingerprint density at radius 1 is 0.600 bits per heavy atom. The molecule has 0 unspecified atom stereocenters. The van der Waals surface area contributed by atoms with Crippen LogP contribution in [0.1, 0.15) is 66.2 Å². The molecule has 1 heteroatoms. The first-order chi connectivity index (χ1) is 7.24. The van der Waals surface area contributed by atoms with Crippen LogP contribution in [0.2, 0.25) is 0 Å². The van der Waals surface area contributed by atoms with E-state index in [1.54, 1.807) is 6.16 Å². The fourth-order valence-corrected chi connectivity index (χ4v) is 6.12. The predicted octanol–water partition coefficient (Wildman–Crippen LogP) is 5.16. The van der Waals surface area contributed by atoms with Crippen molar-refractivity contribution in [2.45, 2.75) is 66.2 Å². The first-order valence-corrected chi connectivity index (χ1v) is 10.1. The van der Waals surface area contributed by atoms with Gasteiger partial charge in [0.05, 0.1) is 0 Å². The second-order valence-electron chi connectivity index (χ2n) is 5.08. The SMILES string of the molecule is CCCCCCCC[PH](CC)(CC)CC. The molecule has 0 spiro atoms. The molecule has 0 rings (SSSR count). The quantitative estimate of drug-likeness (QED) is 0.360. The molecule has 0 aromatic carbocycles. The van der Waals surface area contributed by atoms with Crippen LogP contribution in [0, 0.1) is 0 Å². The Morgan fingerprint density at radius 3 is 1.53 bits per heavy atom. The molecule has 94 valence electrons. The summed E-state index contributed by atoms with van der Waals surface area (Å²) in [4.78, 5) is 0. The van der Waals surface area contributed by atoms with Gasteiger partial charge in [-0.3, -0.25) is 0 Å². The molecule has 0 saturated carbocycles. The van der Waals surface area contributed by atoms with Crippen molar-refractivity contribution in [2.24, 2.45) is 0 Å². The van der Waals surface area contributed by atoms with Gasteiger partial charge in [-0.2, -0.15) is 0 Å². The number of hydrogen-bond donors (Lipinski definition) is 0. The van der Waals surface area contributed by atoms with E-state index in [0.29, 0.717) is 0 Å². The Morgan fingerprint density at radius 2 is 1.07 bits per heavy atom. The van der Waals surface area contributed by atoms with E-state index in [0.717, 1.165) is 0 Å². The molecule has 0 atom stereocenters. The molecule has 0 fully saturated rings. The third kappa shape index (κ3) is 6.56. The van der Waals surface area contributed by atoms with Gasteiger partial charge < -0.3 is 0 Å². The molecule has 0 saturated heterocycles. The van der Waals surface area contributed by atoms with E-state index in [-0.39, 0.29) is 0 Å². The Kier molecular flexibility index (Phi) is 9.92. The molecule has 15 heavy (non-hydrogen) atoms. The van der Waals surface area contributed by atoms with Crippen molar-refractivity contribution in [1.82, 2.24) is 0 Å². The van der Waals surface area contributed by atoms with Gasteiger partial charge in [0.1, 0.15) is 0 Å². The Balaban J connectivity index is 3.54. The molecule has 0 bridgehead atoms. The first kappa shape index (κ1) is 15.4. The van der Waals surface area contributed by atoms with Gasteiger partial charge in [-0.1, -0.05) is 0 Å². The molecule has 0 radical (unpaired) electrons. The zero-order valence-electron chi connectivity index (χ0n) is 11.6. The van der Waals surface area contributed by atoms with Crippen LogP contribution in [0.5, 0.6) is 0 Å². The minimum absolute atomic E-state index is 0.786.